The Balaban J connectivity index is 1.55. The van der Waals surface area contributed by atoms with Crippen molar-refractivity contribution in [2.75, 3.05) is 39.4 Å². The van der Waals surface area contributed by atoms with E-state index in [-0.39, 0.29) is 17.1 Å². The summed E-state index contributed by atoms with van der Waals surface area (Å²) in [6.45, 7) is 6.44. The maximum atomic E-state index is 14.1. The third-order valence-electron chi connectivity index (χ3n) is 6.58. The number of fused-ring (bicyclic) bond motifs is 2. The van der Waals surface area contributed by atoms with Crippen LogP contribution in [0.4, 0.5) is 4.39 Å². The molecule has 7 heteroatoms. The fourth-order valence-electron chi connectivity index (χ4n) is 4.83. The smallest absolute Gasteiger partial charge is 0.290 e. The number of amides is 1. The normalized spacial score (nSPS) is 18.8. The van der Waals surface area contributed by atoms with Gasteiger partial charge in [-0.1, -0.05) is 25.1 Å². The van der Waals surface area contributed by atoms with E-state index in [0.717, 1.165) is 38.0 Å². The minimum Gasteiger partial charge on any atom is -0.450 e. The lowest BCUT2D eigenvalue weighted by atomic mass is 9.97. The minimum absolute atomic E-state index is 0.0670. The van der Waals surface area contributed by atoms with E-state index in [1.807, 2.05) is 19.1 Å². The zero-order chi connectivity index (χ0) is 22.9. The summed E-state index contributed by atoms with van der Waals surface area (Å²) in [7, 11) is 0. The van der Waals surface area contributed by atoms with E-state index in [1.165, 1.54) is 12.1 Å². The van der Waals surface area contributed by atoms with Crippen molar-refractivity contribution in [3.63, 3.8) is 0 Å². The molecule has 5 rings (SSSR count). The first-order valence-corrected chi connectivity index (χ1v) is 11.5. The van der Waals surface area contributed by atoms with Crippen LogP contribution in [0.3, 0.4) is 0 Å². The van der Waals surface area contributed by atoms with E-state index in [9.17, 15) is 14.0 Å². The predicted molar refractivity (Wildman–Crippen MR) is 123 cm³/mol. The molecule has 3 aromatic rings. The second kappa shape index (κ2) is 9.08. The number of morpholine rings is 1. The van der Waals surface area contributed by atoms with Gasteiger partial charge in [0, 0.05) is 26.2 Å². The quantitative estimate of drug-likeness (QED) is 0.572. The number of rotatable bonds is 6. The number of aryl methyl sites for hydroxylation is 1. The lowest BCUT2D eigenvalue weighted by Crippen LogP contribution is -2.38. The molecule has 1 unspecified atom stereocenters. The summed E-state index contributed by atoms with van der Waals surface area (Å²) in [5.74, 6) is -0.655. The molecule has 2 aromatic carbocycles. The summed E-state index contributed by atoms with van der Waals surface area (Å²) in [6.07, 6.45) is 1.52. The van der Waals surface area contributed by atoms with Crippen molar-refractivity contribution in [3.05, 3.63) is 81.0 Å². The number of halogens is 1. The van der Waals surface area contributed by atoms with Crippen LogP contribution in [0.15, 0.2) is 51.7 Å². The van der Waals surface area contributed by atoms with Crippen molar-refractivity contribution in [2.24, 2.45) is 0 Å². The van der Waals surface area contributed by atoms with E-state index in [1.54, 1.807) is 23.1 Å². The Hall–Kier alpha value is -3.03. The van der Waals surface area contributed by atoms with Crippen LogP contribution in [0.5, 0.6) is 0 Å². The number of nitrogens with zero attached hydrogens (tertiary/aromatic N) is 2. The molecule has 3 heterocycles. The average Bonchev–Trinajstić information content (AvgIpc) is 3.11. The van der Waals surface area contributed by atoms with E-state index in [4.69, 9.17) is 9.15 Å². The first-order chi connectivity index (χ1) is 16.1. The predicted octanol–water partition coefficient (Wildman–Crippen LogP) is 3.76. The van der Waals surface area contributed by atoms with E-state index >= 15 is 0 Å². The van der Waals surface area contributed by atoms with E-state index in [2.05, 4.69) is 4.90 Å². The van der Waals surface area contributed by atoms with Crippen molar-refractivity contribution < 1.29 is 18.3 Å². The summed E-state index contributed by atoms with van der Waals surface area (Å²) in [5, 5.41) is 0.456. The molecule has 2 aliphatic heterocycles. The largest absolute Gasteiger partial charge is 0.450 e. The number of hydrogen-bond acceptors (Lipinski definition) is 5. The van der Waals surface area contributed by atoms with Gasteiger partial charge < -0.3 is 14.1 Å². The number of carbonyl (C=O) groups is 1. The summed E-state index contributed by atoms with van der Waals surface area (Å²) in [4.78, 5) is 31.0. The van der Waals surface area contributed by atoms with Gasteiger partial charge in [0.25, 0.3) is 5.91 Å². The number of hydrogen-bond donors (Lipinski definition) is 0. The zero-order valence-electron chi connectivity index (χ0n) is 18.7. The van der Waals surface area contributed by atoms with Gasteiger partial charge in [-0.15, -0.1) is 0 Å². The van der Waals surface area contributed by atoms with Crippen LogP contribution in [0, 0.1) is 5.82 Å². The Labute approximate surface area is 191 Å². The molecule has 1 amide bonds. The molecule has 1 fully saturated rings. The van der Waals surface area contributed by atoms with Gasteiger partial charge in [0.1, 0.15) is 11.4 Å². The molecule has 0 spiro atoms. The van der Waals surface area contributed by atoms with Crippen LogP contribution >= 0.6 is 0 Å². The van der Waals surface area contributed by atoms with Gasteiger partial charge in [-0.3, -0.25) is 14.5 Å². The van der Waals surface area contributed by atoms with Gasteiger partial charge in [0.15, 0.2) is 5.43 Å². The molecule has 2 aliphatic rings. The highest BCUT2D eigenvalue weighted by molar-refractivity contribution is 5.99. The maximum Gasteiger partial charge on any atom is 0.290 e. The van der Waals surface area contributed by atoms with Crippen LogP contribution in [-0.2, 0) is 11.2 Å². The number of carbonyl (C=O) groups excluding carboxylic acids is 1. The van der Waals surface area contributed by atoms with Gasteiger partial charge in [-0.25, -0.2) is 4.39 Å². The molecule has 33 heavy (non-hydrogen) atoms. The number of benzene rings is 2. The first kappa shape index (κ1) is 21.8. The highest BCUT2D eigenvalue weighted by Crippen LogP contribution is 2.38. The maximum absolute atomic E-state index is 14.1. The molecule has 1 aromatic heterocycles. The van der Waals surface area contributed by atoms with Gasteiger partial charge >= 0.3 is 0 Å². The Morgan fingerprint density at radius 1 is 1.06 bits per heavy atom. The van der Waals surface area contributed by atoms with Gasteiger partial charge in [-0.2, -0.15) is 0 Å². The third kappa shape index (κ3) is 4.07. The first-order valence-electron chi connectivity index (χ1n) is 11.5. The van der Waals surface area contributed by atoms with Crippen molar-refractivity contribution in [1.82, 2.24) is 9.80 Å². The molecule has 1 atom stereocenters. The molecule has 0 aliphatic carbocycles. The van der Waals surface area contributed by atoms with Crippen LogP contribution in [0.1, 0.15) is 46.6 Å². The van der Waals surface area contributed by atoms with Crippen LogP contribution in [0.2, 0.25) is 0 Å². The molecule has 0 bridgehead atoms. The summed E-state index contributed by atoms with van der Waals surface area (Å²) in [6, 6.07) is 10.9. The molecular weight excluding hydrogens is 423 g/mol. The SMILES string of the molecule is CCc1ccc2oc3c(c(=O)c2c1)C(c1cccc(F)c1)N(CCCN1CCOCC1)C3=O. The van der Waals surface area contributed by atoms with Gasteiger partial charge in [0.2, 0.25) is 5.76 Å². The Morgan fingerprint density at radius 2 is 1.88 bits per heavy atom. The summed E-state index contributed by atoms with van der Waals surface area (Å²) in [5.41, 5.74) is 2.07. The molecule has 1 saturated heterocycles. The summed E-state index contributed by atoms with van der Waals surface area (Å²) < 4.78 is 25.5. The zero-order valence-corrected chi connectivity index (χ0v) is 18.7. The van der Waals surface area contributed by atoms with Gasteiger partial charge in [-0.05, 0) is 48.2 Å². The fraction of sp³-hybridized carbons (Fsp3) is 0.385. The molecule has 0 N–H and O–H groups in total. The Morgan fingerprint density at radius 3 is 2.64 bits per heavy atom. The number of ether oxygens (including phenoxy) is 1. The summed E-state index contributed by atoms with van der Waals surface area (Å²) >= 11 is 0. The minimum atomic E-state index is -0.668. The molecule has 0 radical (unpaired) electrons. The molecule has 6 nitrogen and oxygen atoms in total. The lowest BCUT2D eigenvalue weighted by Gasteiger charge is -2.29. The molecular formula is C26H27FN2O4. The second-order valence-corrected chi connectivity index (χ2v) is 8.62. The highest BCUT2D eigenvalue weighted by Gasteiger charge is 2.42. The lowest BCUT2D eigenvalue weighted by molar-refractivity contribution is 0.0353. The van der Waals surface area contributed by atoms with Crippen LogP contribution in [-0.4, -0.2) is 55.1 Å². The van der Waals surface area contributed by atoms with Crippen LogP contribution in [0.25, 0.3) is 11.0 Å². The molecule has 172 valence electrons. The van der Waals surface area contributed by atoms with E-state index in [0.29, 0.717) is 41.9 Å². The fourth-order valence-corrected chi connectivity index (χ4v) is 4.83. The highest BCUT2D eigenvalue weighted by atomic mass is 19.1. The van der Waals surface area contributed by atoms with Crippen molar-refractivity contribution in [2.45, 2.75) is 25.8 Å². The monoisotopic (exact) mass is 450 g/mol. The third-order valence-corrected chi connectivity index (χ3v) is 6.58. The van der Waals surface area contributed by atoms with Crippen molar-refractivity contribution in [1.29, 1.82) is 0 Å². The standard InChI is InChI=1S/C26H27FN2O4/c1-2-17-7-8-21-20(15-17)24(30)22-23(18-5-3-6-19(27)16-18)29(26(31)25(22)33-21)10-4-9-28-11-13-32-14-12-28/h3,5-8,15-16,23H,2,4,9-14H2,1H3. The Kier molecular flexibility index (Phi) is 6.00. The second-order valence-electron chi connectivity index (χ2n) is 8.62. The van der Waals surface area contributed by atoms with Crippen LogP contribution < -0.4 is 5.43 Å². The molecule has 0 saturated carbocycles. The Bertz CT molecular complexity index is 1250. The van der Waals surface area contributed by atoms with Crippen molar-refractivity contribution >= 4 is 16.9 Å². The average molecular weight is 451 g/mol. The van der Waals surface area contributed by atoms with Gasteiger partial charge in [0.05, 0.1) is 30.2 Å². The topological polar surface area (TPSA) is 63.0 Å². The van der Waals surface area contributed by atoms with E-state index < -0.39 is 11.9 Å². The van der Waals surface area contributed by atoms with Crippen molar-refractivity contribution in [3.8, 4) is 0 Å².